The van der Waals surface area contributed by atoms with Gasteiger partial charge in [-0.05, 0) is 19.2 Å². The highest BCUT2D eigenvalue weighted by Gasteiger charge is 2.26. The molecule has 1 saturated heterocycles. The molecule has 6 nitrogen and oxygen atoms in total. The molecule has 1 aliphatic rings. The fourth-order valence-electron chi connectivity index (χ4n) is 2.49. The van der Waals surface area contributed by atoms with Gasteiger partial charge < -0.3 is 14.6 Å². The molecule has 0 bridgehead atoms. The Kier molecular flexibility index (Phi) is 4.50. The average molecular weight is 300 g/mol. The summed E-state index contributed by atoms with van der Waals surface area (Å²) < 4.78 is 11.1. The van der Waals surface area contributed by atoms with Crippen molar-refractivity contribution in [2.75, 3.05) is 33.3 Å². The zero-order chi connectivity index (χ0) is 15.4. The number of hydrogen-bond donors (Lipinski definition) is 1. The average Bonchev–Trinajstić information content (AvgIpc) is 3.03. The van der Waals surface area contributed by atoms with Crippen molar-refractivity contribution in [2.24, 2.45) is 0 Å². The molecule has 1 aliphatic heterocycles. The number of rotatable bonds is 5. The van der Waals surface area contributed by atoms with Crippen LogP contribution in [0.2, 0.25) is 0 Å². The van der Waals surface area contributed by atoms with E-state index < -0.39 is 0 Å². The second-order valence-corrected chi connectivity index (χ2v) is 5.25. The summed E-state index contributed by atoms with van der Waals surface area (Å²) in [5.41, 5.74) is 0.800. The maximum absolute atomic E-state index is 5.65. The lowest BCUT2D eigenvalue weighted by molar-refractivity contribution is 0.190. The molecular formula is C16H20N4O2. The number of benzene rings is 1. The second-order valence-electron chi connectivity index (χ2n) is 5.25. The van der Waals surface area contributed by atoms with Crippen molar-refractivity contribution in [3.8, 4) is 17.2 Å². The number of hydrogen-bond acceptors (Lipinski definition) is 6. The zero-order valence-electron chi connectivity index (χ0n) is 12.7. The Morgan fingerprint density at radius 1 is 1.50 bits per heavy atom. The van der Waals surface area contributed by atoms with Crippen molar-refractivity contribution >= 4 is 0 Å². The zero-order valence-corrected chi connectivity index (χ0v) is 12.7. The van der Waals surface area contributed by atoms with Crippen LogP contribution in [-0.2, 0) is 0 Å². The van der Waals surface area contributed by atoms with Gasteiger partial charge in [0, 0.05) is 19.6 Å². The van der Waals surface area contributed by atoms with E-state index in [1.807, 2.05) is 24.3 Å². The second kappa shape index (κ2) is 6.72. The van der Waals surface area contributed by atoms with Gasteiger partial charge in [0.1, 0.15) is 12.4 Å². The Morgan fingerprint density at radius 3 is 3.18 bits per heavy atom. The third-order valence-electron chi connectivity index (χ3n) is 3.72. The number of nitrogens with one attached hydrogen (secondary N) is 1. The van der Waals surface area contributed by atoms with E-state index in [2.05, 4.69) is 34.0 Å². The summed E-state index contributed by atoms with van der Waals surface area (Å²) in [5, 5.41) is 7.50. The Labute approximate surface area is 129 Å². The Morgan fingerprint density at radius 2 is 2.36 bits per heavy atom. The fourth-order valence-corrected chi connectivity index (χ4v) is 2.49. The van der Waals surface area contributed by atoms with Crippen molar-refractivity contribution < 1.29 is 9.26 Å². The van der Waals surface area contributed by atoms with Gasteiger partial charge in [0.25, 0.3) is 5.89 Å². The summed E-state index contributed by atoms with van der Waals surface area (Å²) in [6, 6.07) is 7.77. The number of nitrogens with zero attached hydrogens (tertiary/aromatic N) is 3. The van der Waals surface area contributed by atoms with Crippen molar-refractivity contribution in [1.82, 2.24) is 20.4 Å². The largest absolute Gasteiger partial charge is 0.489 e. The van der Waals surface area contributed by atoms with Gasteiger partial charge in [-0.3, -0.25) is 4.90 Å². The van der Waals surface area contributed by atoms with Gasteiger partial charge >= 0.3 is 0 Å². The van der Waals surface area contributed by atoms with Gasteiger partial charge in [0.05, 0.1) is 11.6 Å². The Hall–Kier alpha value is -2.18. The quantitative estimate of drug-likeness (QED) is 0.851. The topological polar surface area (TPSA) is 63.4 Å². The molecule has 0 aliphatic carbocycles. The molecule has 2 heterocycles. The lowest BCUT2D eigenvalue weighted by Crippen LogP contribution is -2.44. The van der Waals surface area contributed by atoms with Crippen LogP contribution in [0.15, 0.2) is 41.4 Å². The van der Waals surface area contributed by atoms with Crippen molar-refractivity contribution in [3.63, 3.8) is 0 Å². The van der Waals surface area contributed by atoms with Gasteiger partial charge in [0.15, 0.2) is 5.82 Å². The molecule has 2 aromatic rings. The van der Waals surface area contributed by atoms with Gasteiger partial charge in [0.2, 0.25) is 0 Å². The lowest BCUT2D eigenvalue weighted by atomic mass is 10.2. The van der Waals surface area contributed by atoms with E-state index in [9.17, 15) is 0 Å². The first-order valence-electron chi connectivity index (χ1n) is 7.37. The maximum Gasteiger partial charge on any atom is 0.261 e. The van der Waals surface area contributed by atoms with Gasteiger partial charge in [-0.25, -0.2) is 0 Å². The first-order chi connectivity index (χ1) is 10.8. The van der Waals surface area contributed by atoms with E-state index in [1.54, 1.807) is 6.08 Å². The number of likely N-dealkylation sites (N-methyl/N-ethyl adjacent to an activating group) is 1. The summed E-state index contributed by atoms with van der Waals surface area (Å²) >= 11 is 0. The van der Waals surface area contributed by atoms with Crippen molar-refractivity contribution in [3.05, 3.63) is 42.7 Å². The minimum Gasteiger partial charge on any atom is -0.489 e. The van der Waals surface area contributed by atoms with Crippen LogP contribution in [0, 0.1) is 0 Å². The minimum atomic E-state index is 0.132. The number of piperazine rings is 1. The van der Waals surface area contributed by atoms with Crippen LogP contribution < -0.4 is 10.1 Å². The lowest BCUT2D eigenvalue weighted by Gasteiger charge is -2.30. The molecule has 0 spiro atoms. The van der Waals surface area contributed by atoms with Crippen LogP contribution in [-0.4, -0.2) is 48.3 Å². The van der Waals surface area contributed by atoms with Gasteiger partial charge in [-0.1, -0.05) is 29.9 Å². The predicted molar refractivity (Wildman–Crippen MR) is 83.7 cm³/mol. The maximum atomic E-state index is 5.65. The molecule has 22 heavy (non-hydrogen) atoms. The van der Waals surface area contributed by atoms with Gasteiger partial charge in [-0.15, -0.1) is 0 Å². The number of ether oxygens (including phenoxy) is 1. The van der Waals surface area contributed by atoms with E-state index in [-0.39, 0.29) is 6.04 Å². The molecule has 6 heteroatoms. The molecule has 1 fully saturated rings. The van der Waals surface area contributed by atoms with Crippen molar-refractivity contribution in [2.45, 2.75) is 6.04 Å². The standard InChI is InChI=1S/C16H20N4O2/c1-3-10-21-14-7-5-4-6-12(14)16-18-15(19-22-16)13-11-17-8-9-20(13)2/h3-7,13,17H,1,8-11H2,2H3. The van der Waals surface area contributed by atoms with E-state index in [1.165, 1.54) is 0 Å². The smallest absolute Gasteiger partial charge is 0.261 e. The summed E-state index contributed by atoms with van der Waals surface area (Å²) in [4.78, 5) is 6.79. The first-order valence-corrected chi connectivity index (χ1v) is 7.37. The van der Waals surface area contributed by atoms with Crippen LogP contribution in [0.25, 0.3) is 11.5 Å². The first kappa shape index (κ1) is 14.7. The third-order valence-corrected chi connectivity index (χ3v) is 3.72. The van der Waals surface area contributed by atoms with E-state index >= 15 is 0 Å². The minimum absolute atomic E-state index is 0.132. The summed E-state index contributed by atoms with van der Waals surface area (Å²) in [6.07, 6.45) is 1.71. The highest BCUT2D eigenvalue weighted by molar-refractivity contribution is 5.62. The summed E-state index contributed by atoms with van der Waals surface area (Å²) in [7, 11) is 2.07. The molecule has 1 N–H and O–H groups in total. The SMILES string of the molecule is C=CCOc1ccccc1-c1nc(C2CNCCN2C)no1. The van der Waals surface area contributed by atoms with Crippen LogP contribution in [0.5, 0.6) is 5.75 Å². The van der Waals surface area contributed by atoms with Crippen LogP contribution >= 0.6 is 0 Å². The highest BCUT2D eigenvalue weighted by atomic mass is 16.5. The Bertz CT molecular complexity index is 641. The predicted octanol–water partition coefficient (Wildman–Crippen LogP) is 1.88. The molecule has 1 aromatic carbocycles. The van der Waals surface area contributed by atoms with Crippen LogP contribution in [0.1, 0.15) is 11.9 Å². The van der Waals surface area contributed by atoms with Gasteiger partial charge in [-0.2, -0.15) is 4.98 Å². The van der Waals surface area contributed by atoms with Crippen LogP contribution in [0.4, 0.5) is 0 Å². The van der Waals surface area contributed by atoms with Crippen LogP contribution in [0.3, 0.4) is 0 Å². The van der Waals surface area contributed by atoms with Crippen molar-refractivity contribution in [1.29, 1.82) is 0 Å². The van der Waals surface area contributed by atoms with E-state index in [0.29, 0.717) is 24.1 Å². The number of para-hydroxylation sites is 1. The van der Waals surface area contributed by atoms with E-state index in [4.69, 9.17) is 9.26 Å². The Balaban J connectivity index is 1.86. The summed E-state index contributed by atoms with van der Waals surface area (Å²) in [5.74, 6) is 1.89. The molecule has 0 saturated carbocycles. The molecule has 1 unspecified atom stereocenters. The van der Waals surface area contributed by atoms with E-state index in [0.717, 1.165) is 25.2 Å². The number of aromatic nitrogens is 2. The molecule has 1 atom stereocenters. The molecule has 0 radical (unpaired) electrons. The molecule has 1 aromatic heterocycles. The summed E-state index contributed by atoms with van der Waals surface area (Å²) in [6.45, 7) is 6.87. The molecular weight excluding hydrogens is 280 g/mol. The highest BCUT2D eigenvalue weighted by Crippen LogP contribution is 2.30. The monoisotopic (exact) mass is 300 g/mol. The molecule has 116 valence electrons. The molecule has 3 rings (SSSR count). The molecule has 0 amide bonds. The third kappa shape index (κ3) is 3.03. The normalized spacial score (nSPS) is 19.0. The fraction of sp³-hybridized carbons (Fsp3) is 0.375.